The number of para-hydroxylation sites is 1. The topological polar surface area (TPSA) is 105 Å². The van der Waals surface area contributed by atoms with E-state index in [1.165, 1.54) is 16.7 Å². The Morgan fingerprint density at radius 3 is 2.09 bits per heavy atom. The Morgan fingerprint density at radius 2 is 1.50 bits per heavy atom. The third-order valence-electron chi connectivity index (χ3n) is 7.88. The predicted octanol–water partition coefficient (Wildman–Crippen LogP) is 5.74. The van der Waals surface area contributed by atoms with Crippen LogP contribution in [-0.2, 0) is 23.9 Å². The lowest BCUT2D eigenvalue weighted by Crippen LogP contribution is -2.74. The molecule has 2 fully saturated rings. The molecule has 3 aliphatic rings. The molecule has 0 bridgehead atoms. The molecule has 0 aliphatic carbocycles. The van der Waals surface area contributed by atoms with Gasteiger partial charge in [0.25, 0.3) is 5.91 Å². The van der Waals surface area contributed by atoms with Gasteiger partial charge in [0.05, 0.1) is 0 Å². The maximum atomic E-state index is 14.3. The molecule has 6 rings (SSSR count). The Kier molecular flexibility index (Phi) is 8.73. The van der Waals surface area contributed by atoms with Crippen molar-refractivity contribution in [2.75, 3.05) is 11.4 Å². The van der Waals surface area contributed by atoms with E-state index in [0.29, 0.717) is 24.1 Å². The maximum absolute atomic E-state index is 14.3. The number of amides is 3. The van der Waals surface area contributed by atoms with E-state index >= 15 is 0 Å². The highest BCUT2D eigenvalue weighted by atomic mass is 32.2. The fraction of sp³-hybridized carbons (Fsp3) is 0.278. The molecule has 3 aromatic rings. The molecule has 3 heterocycles. The molecule has 9 nitrogen and oxygen atoms in total. The van der Waals surface area contributed by atoms with E-state index in [1.54, 1.807) is 37.2 Å². The Hall–Kier alpha value is -4.83. The summed E-state index contributed by atoms with van der Waals surface area (Å²) in [6.45, 7) is 5.72. The molecule has 3 aromatic carbocycles. The number of ether oxygens (including phenoxy) is 2. The number of thioether (sulfide) groups is 1. The number of hydrogen-bond acceptors (Lipinski definition) is 7. The third-order valence-corrected chi connectivity index (χ3v) is 9.07. The summed E-state index contributed by atoms with van der Waals surface area (Å²) < 4.78 is 11.6. The van der Waals surface area contributed by atoms with Crippen LogP contribution in [0.2, 0.25) is 0 Å². The standard InChI is InChI=1S/C36H35N3O6S/c1-36(2,3)45-35(43)37-28-32(41)39-29(34(42)44-30(23-13-7-4-8-14-23)24-15-9-5-10-16-24)26(22-46-33(28)39)21-25-19-20-38(31(25)40)27-17-11-6-12-18-27/h4-18,21-22,28-30,33H,19-20H2,1-3H3,(H,37,43). The van der Waals surface area contributed by atoms with Crippen LogP contribution in [0.1, 0.15) is 44.4 Å². The van der Waals surface area contributed by atoms with Gasteiger partial charge >= 0.3 is 12.1 Å². The zero-order valence-electron chi connectivity index (χ0n) is 25.8. The molecule has 0 aromatic heterocycles. The van der Waals surface area contributed by atoms with E-state index in [2.05, 4.69) is 5.32 Å². The third kappa shape index (κ3) is 6.44. The molecule has 10 heteroatoms. The van der Waals surface area contributed by atoms with Crippen LogP contribution in [0, 0.1) is 0 Å². The number of benzene rings is 3. The first-order valence-corrected chi connectivity index (χ1v) is 16.1. The number of hydrogen-bond donors (Lipinski definition) is 1. The normalized spacial score (nSPS) is 21.9. The van der Waals surface area contributed by atoms with Gasteiger partial charge in [0.15, 0.2) is 12.1 Å². The highest BCUT2D eigenvalue weighted by Crippen LogP contribution is 2.42. The van der Waals surface area contributed by atoms with Crippen molar-refractivity contribution in [3.63, 3.8) is 0 Å². The van der Waals surface area contributed by atoms with Gasteiger partial charge in [-0.25, -0.2) is 9.59 Å². The number of nitrogens with zero attached hydrogens (tertiary/aromatic N) is 2. The van der Waals surface area contributed by atoms with E-state index in [1.807, 2.05) is 91.0 Å². The van der Waals surface area contributed by atoms with Crippen LogP contribution in [0.4, 0.5) is 10.5 Å². The molecule has 0 saturated carbocycles. The molecule has 1 N–H and O–H groups in total. The number of nitrogens with one attached hydrogen (secondary N) is 1. The van der Waals surface area contributed by atoms with E-state index in [-0.39, 0.29) is 5.91 Å². The van der Waals surface area contributed by atoms with Crippen molar-refractivity contribution in [3.8, 4) is 0 Å². The minimum atomic E-state index is -1.13. The Morgan fingerprint density at radius 1 is 0.913 bits per heavy atom. The first-order valence-electron chi connectivity index (χ1n) is 15.2. The molecule has 3 atom stereocenters. The van der Waals surface area contributed by atoms with Crippen LogP contribution < -0.4 is 10.2 Å². The molecule has 3 aliphatic heterocycles. The van der Waals surface area contributed by atoms with E-state index < -0.39 is 47.1 Å². The van der Waals surface area contributed by atoms with Crippen LogP contribution in [0.15, 0.2) is 114 Å². The first kappa shape index (κ1) is 31.2. The fourth-order valence-electron chi connectivity index (χ4n) is 5.78. The number of esters is 1. The van der Waals surface area contributed by atoms with Gasteiger partial charge in [0.1, 0.15) is 17.0 Å². The lowest BCUT2D eigenvalue weighted by molar-refractivity contribution is -0.164. The SMILES string of the molecule is CC(C)(C)OC(=O)NC1C(=O)N2C(C(=O)OC(c3ccccc3)c3ccccc3)C(C=C3CCN(c4ccccc4)C3=O)=CSC12. The number of fused-ring (bicyclic) bond motifs is 1. The van der Waals surface area contributed by atoms with Crippen molar-refractivity contribution >= 4 is 41.3 Å². The van der Waals surface area contributed by atoms with Crippen LogP contribution in [0.3, 0.4) is 0 Å². The molecule has 46 heavy (non-hydrogen) atoms. The van der Waals surface area contributed by atoms with Crippen molar-refractivity contribution in [1.82, 2.24) is 10.2 Å². The average molecular weight is 638 g/mol. The molecule has 2 saturated heterocycles. The molecule has 3 unspecified atom stereocenters. The fourth-order valence-corrected chi connectivity index (χ4v) is 6.97. The highest BCUT2D eigenvalue weighted by molar-refractivity contribution is 8.03. The van der Waals surface area contributed by atoms with Gasteiger partial charge < -0.3 is 24.6 Å². The summed E-state index contributed by atoms with van der Waals surface area (Å²) in [7, 11) is 0. The molecular formula is C36H35N3O6S. The number of carbonyl (C=O) groups excluding carboxylic acids is 4. The lowest BCUT2D eigenvalue weighted by atomic mass is 9.95. The zero-order chi connectivity index (χ0) is 32.4. The van der Waals surface area contributed by atoms with E-state index in [4.69, 9.17) is 9.47 Å². The Labute approximate surface area is 272 Å². The molecule has 3 amide bonds. The number of anilines is 1. The maximum Gasteiger partial charge on any atom is 0.408 e. The van der Waals surface area contributed by atoms with E-state index in [9.17, 15) is 19.2 Å². The van der Waals surface area contributed by atoms with Gasteiger partial charge in [-0.2, -0.15) is 0 Å². The highest BCUT2D eigenvalue weighted by Gasteiger charge is 2.56. The minimum absolute atomic E-state index is 0.155. The number of β-lactam (4-membered cyclic amide) rings is 1. The van der Waals surface area contributed by atoms with Crippen LogP contribution in [0.25, 0.3) is 0 Å². The van der Waals surface area contributed by atoms with Gasteiger partial charge in [-0.3, -0.25) is 9.59 Å². The van der Waals surface area contributed by atoms with Crippen molar-refractivity contribution in [1.29, 1.82) is 0 Å². The van der Waals surface area contributed by atoms with Crippen molar-refractivity contribution in [2.24, 2.45) is 0 Å². The van der Waals surface area contributed by atoms with Crippen molar-refractivity contribution in [3.05, 3.63) is 125 Å². The van der Waals surface area contributed by atoms with Gasteiger partial charge in [0, 0.05) is 17.8 Å². The molecule has 236 valence electrons. The quantitative estimate of drug-likeness (QED) is 0.200. The summed E-state index contributed by atoms with van der Waals surface area (Å²) in [5.74, 6) is -1.23. The summed E-state index contributed by atoms with van der Waals surface area (Å²) in [5, 5.41) is 3.89. The van der Waals surface area contributed by atoms with E-state index in [0.717, 1.165) is 16.8 Å². The van der Waals surface area contributed by atoms with Gasteiger partial charge in [-0.05, 0) is 67.5 Å². The van der Waals surface area contributed by atoms with Crippen molar-refractivity contribution < 1.29 is 28.7 Å². The number of alkyl carbamates (subject to hydrolysis) is 1. The van der Waals surface area contributed by atoms with Gasteiger partial charge in [0.2, 0.25) is 5.91 Å². The first-order chi connectivity index (χ1) is 22.1. The smallest absolute Gasteiger partial charge is 0.408 e. The second kappa shape index (κ2) is 12.9. The Balaban J connectivity index is 1.31. The number of rotatable bonds is 7. The summed E-state index contributed by atoms with van der Waals surface area (Å²) in [5.41, 5.74) is 2.61. The monoisotopic (exact) mass is 637 g/mol. The minimum Gasteiger partial charge on any atom is -0.451 e. The average Bonchev–Trinajstić information content (AvgIpc) is 3.41. The number of carbonyl (C=O) groups is 4. The molecule has 0 radical (unpaired) electrons. The van der Waals surface area contributed by atoms with Crippen molar-refractivity contribution in [2.45, 2.75) is 56.4 Å². The predicted molar refractivity (Wildman–Crippen MR) is 176 cm³/mol. The van der Waals surface area contributed by atoms with Gasteiger partial charge in [-0.15, -0.1) is 11.8 Å². The van der Waals surface area contributed by atoms with Crippen LogP contribution in [-0.4, -0.2) is 58.4 Å². The second-order valence-corrected chi connectivity index (χ2v) is 13.3. The summed E-state index contributed by atoms with van der Waals surface area (Å²) in [6, 6.07) is 26.2. The summed E-state index contributed by atoms with van der Waals surface area (Å²) in [4.78, 5) is 57.1. The van der Waals surface area contributed by atoms with Crippen LogP contribution >= 0.6 is 11.8 Å². The summed E-state index contributed by atoms with van der Waals surface area (Å²) >= 11 is 1.30. The molecule has 0 spiro atoms. The zero-order valence-corrected chi connectivity index (χ0v) is 26.6. The molecular weight excluding hydrogens is 602 g/mol. The lowest BCUT2D eigenvalue weighted by Gasteiger charge is -2.51. The summed E-state index contributed by atoms with van der Waals surface area (Å²) in [6.07, 6.45) is 0.745. The second-order valence-electron chi connectivity index (χ2n) is 12.3. The van der Waals surface area contributed by atoms with Gasteiger partial charge in [-0.1, -0.05) is 78.9 Å². The van der Waals surface area contributed by atoms with Crippen LogP contribution in [0.5, 0.6) is 0 Å². The largest absolute Gasteiger partial charge is 0.451 e. The Bertz CT molecular complexity index is 1650.